The molecule has 3 heterocycles. The lowest BCUT2D eigenvalue weighted by atomic mass is 10.1. The Balaban J connectivity index is 1.71. The third-order valence-electron chi connectivity index (χ3n) is 4.66. The van der Waals surface area contributed by atoms with E-state index in [4.69, 9.17) is 26.8 Å². The van der Waals surface area contributed by atoms with Crippen LogP contribution in [-0.4, -0.2) is 48.9 Å². The fourth-order valence-corrected chi connectivity index (χ4v) is 3.44. The van der Waals surface area contributed by atoms with Crippen LogP contribution in [0.25, 0.3) is 11.2 Å². The maximum absolute atomic E-state index is 12.5. The maximum Gasteiger partial charge on any atom is 0.338 e. The molecule has 1 aromatic carbocycles. The van der Waals surface area contributed by atoms with Gasteiger partial charge in [0.05, 0.1) is 18.0 Å². The van der Waals surface area contributed by atoms with Crippen LogP contribution in [0.3, 0.4) is 0 Å². The molecule has 0 aliphatic carbocycles. The minimum absolute atomic E-state index is 0.0461. The van der Waals surface area contributed by atoms with Crippen LogP contribution in [0.15, 0.2) is 36.7 Å². The average Bonchev–Trinajstić information content (AvgIpc) is 3.24. The summed E-state index contributed by atoms with van der Waals surface area (Å²) < 4.78 is 13.1. The zero-order chi connectivity index (χ0) is 19.8. The monoisotopic (exact) mass is 403 g/mol. The van der Waals surface area contributed by atoms with Crippen molar-refractivity contribution in [2.45, 2.75) is 37.9 Å². The molecule has 3 N–H and O–H groups in total. The number of aromatic nitrogens is 4. The molecule has 146 valence electrons. The van der Waals surface area contributed by atoms with Gasteiger partial charge in [0, 0.05) is 0 Å². The number of ether oxygens (including phenoxy) is 2. The van der Waals surface area contributed by atoms with E-state index in [1.54, 1.807) is 34.9 Å². The van der Waals surface area contributed by atoms with E-state index >= 15 is 0 Å². The first-order chi connectivity index (χ1) is 13.5. The number of anilines is 1. The second-order valence-corrected chi connectivity index (χ2v) is 6.74. The van der Waals surface area contributed by atoms with Crippen LogP contribution in [-0.2, 0) is 9.47 Å². The number of esters is 1. The van der Waals surface area contributed by atoms with E-state index in [-0.39, 0.29) is 11.1 Å². The molecule has 0 radical (unpaired) electrons. The summed E-state index contributed by atoms with van der Waals surface area (Å²) in [4.78, 5) is 24.8. The molecule has 0 spiro atoms. The zero-order valence-electron chi connectivity index (χ0n) is 14.9. The second kappa shape index (κ2) is 7.34. The summed E-state index contributed by atoms with van der Waals surface area (Å²) >= 11 is 5.93. The van der Waals surface area contributed by atoms with Gasteiger partial charge in [-0.15, -0.1) is 0 Å². The Morgan fingerprint density at radius 2 is 2.11 bits per heavy atom. The second-order valence-electron chi connectivity index (χ2n) is 6.40. The van der Waals surface area contributed by atoms with Crippen LogP contribution in [0.1, 0.15) is 29.9 Å². The van der Waals surface area contributed by atoms with Crippen molar-refractivity contribution >= 4 is 34.6 Å². The molecule has 9 nitrogen and oxygen atoms in total. The molecule has 1 aliphatic rings. The van der Waals surface area contributed by atoms with Gasteiger partial charge in [0.1, 0.15) is 11.6 Å². The lowest BCUT2D eigenvalue weighted by Gasteiger charge is -2.22. The first kappa shape index (κ1) is 18.6. The summed E-state index contributed by atoms with van der Waals surface area (Å²) in [6.07, 6.45) is -1.37. The molecule has 1 aliphatic heterocycles. The van der Waals surface area contributed by atoms with Crippen molar-refractivity contribution in [2.24, 2.45) is 0 Å². The molecule has 10 heteroatoms. The van der Waals surface area contributed by atoms with E-state index in [1.165, 1.54) is 6.33 Å². The van der Waals surface area contributed by atoms with Gasteiger partial charge in [-0.3, -0.25) is 4.57 Å². The number of nitrogens with zero attached hydrogens (tertiary/aromatic N) is 4. The number of imidazole rings is 1. The summed E-state index contributed by atoms with van der Waals surface area (Å²) in [6, 6.07) is 8.53. The van der Waals surface area contributed by atoms with E-state index in [0.717, 1.165) is 0 Å². The number of halogens is 1. The minimum atomic E-state index is -1.02. The van der Waals surface area contributed by atoms with Crippen molar-refractivity contribution in [2.75, 3.05) is 5.73 Å². The fraction of sp³-hybridized carbons (Fsp3) is 0.333. The normalized spacial score (nSPS) is 24.5. The highest BCUT2D eigenvalue weighted by atomic mass is 35.5. The number of hydrogen-bond donors (Lipinski definition) is 2. The summed E-state index contributed by atoms with van der Waals surface area (Å²) in [7, 11) is 0. The number of carbonyl (C=O) groups is 1. The van der Waals surface area contributed by atoms with Gasteiger partial charge in [-0.25, -0.2) is 9.78 Å². The average molecular weight is 404 g/mol. The van der Waals surface area contributed by atoms with Crippen molar-refractivity contribution in [3.63, 3.8) is 0 Å². The molecular formula is C18H18ClN5O4. The number of rotatable bonds is 4. The van der Waals surface area contributed by atoms with Gasteiger partial charge >= 0.3 is 5.97 Å². The van der Waals surface area contributed by atoms with Crippen molar-refractivity contribution < 1.29 is 19.4 Å². The number of hydrogen-bond acceptors (Lipinski definition) is 8. The van der Waals surface area contributed by atoms with Crippen molar-refractivity contribution in [3.8, 4) is 0 Å². The fourth-order valence-electron chi connectivity index (χ4n) is 3.27. The standard InChI is InChI=1S/C18H18ClN5O4/c1-2-10-12(25)13(28-17(26)9-6-4-3-5-7-9)16(27-10)24-8-21-11-14(20)22-18(19)23-15(11)24/h3-8,10,12-13,16,25H,2H2,1H3,(H2,20,22,23)/t10-,12?,13+,16-/m1/s1. The maximum atomic E-state index is 12.5. The predicted molar refractivity (Wildman–Crippen MR) is 101 cm³/mol. The Morgan fingerprint density at radius 1 is 1.36 bits per heavy atom. The molecule has 4 rings (SSSR count). The Bertz CT molecular complexity index is 1010. The van der Waals surface area contributed by atoms with Gasteiger partial charge in [-0.05, 0) is 30.2 Å². The number of nitrogen functional groups attached to an aromatic ring is 1. The smallest absolute Gasteiger partial charge is 0.338 e. The third kappa shape index (κ3) is 3.17. The highest BCUT2D eigenvalue weighted by Crippen LogP contribution is 2.35. The molecule has 0 bridgehead atoms. The molecule has 28 heavy (non-hydrogen) atoms. The van der Waals surface area contributed by atoms with Crippen molar-refractivity contribution in [3.05, 3.63) is 47.5 Å². The Labute approximate surface area is 165 Å². The van der Waals surface area contributed by atoms with Gasteiger partial charge in [0.2, 0.25) is 5.28 Å². The number of nitrogens with two attached hydrogens (primary N) is 1. The quantitative estimate of drug-likeness (QED) is 0.500. The van der Waals surface area contributed by atoms with Gasteiger partial charge in [0.25, 0.3) is 0 Å². The first-order valence-corrected chi connectivity index (χ1v) is 9.12. The number of aliphatic hydroxyl groups is 1. The van der Waals surface area contributed by atoms with Gasteiger partial charge in [0.15, 0.2) is 23.8 Å². The molecule has 1 fully saturated rings. The predicted octanol–water partition coefficient (Wildman–Crippen LogP) is 1.96. The van der Waals surface area contributed by atoms with Gasteiger partial charge < -0.3 is 20.3 Å². The van der Waals surface area contributed by atoms with Crippen LogP contribution >= 0.6 is 11.6 Å². The molecular weight excluding hydrogens is 386 g/mol. The first-order valence-electron chi connectivity index (χ1n) is 8.74. The Hall–Kier alpha value is -2.75. The van der Waals surface area contributed by atoms with E-state index in [9.17, 15) is 9.90 Å². The van der Waals surface area contributed by atoms with Crippen molar-refractivity contribution in [1.29, 1.82) is 0 Å². The van der Waals surface area contributed by atoms with Crippen LogP contribution in [0.2, 0.25) is 5.28 Å². The SMILES string of the molecule is CC[C@H]1O[C@@H](n2cnc3c(N)nc(Cl)nc32)[C@@H](OC(=O)c2ccccc2)C1O. The molecule has 2 aromatic heterocycles. The van der Waals surface area contributed by atoms with E-state index in [1.807, 2.05) is 6.92 Å². The highest BCUT2D eigenvalue weighted by molar-refractivity contribution is 6.28. The Morgan fingerprint density at radius 3 is 2.82 bits per heavy atom. The summed E-state index contributed by atoms with van der Waals surface area (Å²) in [5, 5.41) is 10.6. The third-order valence-corrected chi connectivity index (χ3v) is 4.83. The van der Waals surface area contributed by atoms with Crippen LogP contribution < -0.4 is 5.73 Å². The molecule has 0 amide bonds. The number of aliphatic hydroxyl groups excluding tert-OH is 1. The lowest BCUT2D eigenvalue weighted by Crippen LogP contribution is -2.35. The molecule has 1 saturated heterocycles. The van der Waals surface area contributed by atoms with Crippen LogP contribution in [0.4, 0.5) is 5.82 Å². The molecule has 4 atom stereocenters. The topological polar surface area (TPSA) is 125 Å². The summed E-state index contributed by atoms with van der Waals surface area (Å²) in [5.74, 6) is -0.441. The lowest BCUT2D eigenvalue weighted by molar-refractivity contribution is -0.0478. The van der Waals surface area contributed by atoms with Crippen LogP contribution in [0.5, 0.6) is 0 Å². The number of carbonyl (C=O) groups excluding carboxylic acids is 1. The highest BCUT2D eigenvalue weighted by Gasteiger charge is 2.47. The van der Waals surface area contributed by atoms with Gasteiger partial charge in [-0.1, -0.05) is 25.1 Å². The Kier molecular flexibility index (Phi) is 4.88. The number of benzene rings is 1. The van der Waals surface area contributed by atoms with Crippen molar-refractivity contribution in [1.82, 2.24) is 19.5 Å². The zero-order valence-corrected chi connectivity index (χ0v) is 15.7. The molecule has 0 saturated carbocycles. The summed E-state index contributed by atoms with van der Waals surface area (Å²) in [5.41, 5.74) is 6.90. The van der Waals surface area contributed by atoms with E-state index < -0.39 is 30.5 Å². The largest absolute Gasteiger partial charge is 0.451 e. The van der Waals surface area contributed by atoms with Crippen LogP contribution in [0, 0.1) is 0 Å². The van der Waals surface area contributed by atoms with Gasteiger partial charge in [-0.2, -0.15) is 9.97 Å². The minimum Gasteiger partial charge on any atom is -0.451 e. The molecule has 3 aromatic rings. The number of fused-ring (bicyclic) bond motifs is 1. The van der Waals surface area contributed by atoms with E-state index in [0.29, 0.717) is 23.1 Å². The van der Waals surface area contributed by atoms with E-state index in [2.05, 4.69) is 15.0 Å². The molecule has 1 unspecified atom stereocenters. The summed E-state index contributed by atoms with van der Waals surface area (Å²) in [6.45, 7) is 1.87.